The van der Waals surface area contributed by atoms with Crippen molar-refractivity contribution in [1.29, 1.82) is 5.26 Å². The molecule has 0 aliphatic carbocycles. The molecule has 28 nitrogen and oxygen atoms in total. The number of carbonyl (C=O) groups excluding carboxylic acids is 9. The van der Waals surface area contributed by atoms with Crippen molar-refractivity contribution in [2.24, 2.45) is 38.7 Å². The van der Waals surface area contributed by atoms with E-state index in [9.17, 15) is 58.3 Å². The second kappa shape index (κ2) is 30.2. The zero-order valence-electron chi connectivity index (χ0n) is 42.4. The van der Waals surface area contributed by atoms with E-state index in [1.807, 2.05) is 6.07 Å². The molecule has 4 rings (SSSR count). The van der Waals surface area contributed by atoms with Gasteiger partial charge in [0.1, 0.15) is 42.3 Å². The lowest BCUT2D eigenvalue weighted by molar-refractivity contribution is -0.141. The maximum atomic E-state index is 14.6. The van der Waals surface area contributed by atoms with Gasteiger partial charge in [-0.1, -0.05) is 30.3 Å². The van der Waals surface area contributed by atoms with Gasteiger partial charge in [-0.3, -0.25) is 57.9 Å². The van der Waals surface area contributed by atoms with E-state index < -0.39 is 121 Å². The Kier molecular flexibility index (Phi) is 23.6. The fraction of sp³-hybridized carbons (Fsp3) is 0.449. The van der Waals surface area contributed by atoms with Gasteiger partial charge in [0, 0.05) is 62.9 Å². The van der Waals surface area contributed by atoms with E-state index in [1.165, 1.54) is 24.3 Å². The van der Waals surface area contributed by atoms with E-state index in [0.29, 0.717) is 22.0 Å². The summed E-state index contributed by atoms with van der Waals surface area (Å²) in [7, 11) is 0. The first kappa shape index (κ1) is 60.3. The number of hydrogen-bond acceptors (Lipinski definition) is 13. The lowest BCUT2D eigenvalue weighted by Gasteiger charge is -2.27. The summed E-state index contributed by atoms with van der Waals surface area (Å²) in [6.45, 7) is 1.12. The van der Waals surface area contributed by atoms with Gasteiger partial charge >= 0.3 is 5.97 Å². The number of guanidine groups is 2. The molecule has 2 aromatic carbocycles. The molecule has 77 heavy (non-hydrogen) atoms. The highest BCUT2D eigenvalue weighted by molar-refractivity contribution is 5.99. The molecule has 1 saturated heterocycles. The molecule has 28 heteroatoms. The van der Waals surface area contributed by atoms with Crippen LogP contribution in [0, 0.1) is 11.3 Å². The average molecular weight is 1070 g/mol. The van der Waals surface area contributed by atoms with Crippen molar-refractivity contribution in [1.82, 2.24) is 47.5 Å². The number of aliphatic carboxylic acids is 1. The quantitative estimate of drug-likeness (QED) is 0.0328. The summed E-state index contributed by atoms with van der Waals surface area (Å²) in [6.07, 6.45) is -0.741. The minimum atomic E-state index is -1.95. The Morgan fingerprint density at radius 1 is 0.753 bits per heavy atom. The normalized spacial score (nSPS) is 20.7. The number of benzene rings is 2. The van der Waals surface area contributed by atoms with Crippen LogP contribution in [0.3, 0.4) is 0 Å². The number of H-pyrrole nitrogens is 1. The Labute approximate surface area is 442 Å². The number of aromatic amines is 1. The largest absolute Gasteiger partial charge is 0.481 e. The van der Waals surface area contributed by atoms with E-state index in [-0.39, 0.29) is 88.5 Å². The van der Waals surface area contributed by atoms with Crippen molar-refractivity contribution in [3.05, 3.63) is 71.4 Å². The number of amides is 9. The molecule has 1 aliphatic heterocycles. The number of carbonyl (C=O) groups is 10. The van der Waals surface area contributed by atoms with Crippen molar-refractivity contribution in [3.8, 4) is 6.07 Å². The number of nitrogens with zero attached hydrogens (tertiary/aromatic N) is 3. The van der Waals surface area contributed by atoms with E-state index in [4.69, 9.17) is 28.7 Å². The van der Waals surface area contributed by atoms with Crippen molar-refractivity contribution < 1.29 is 53.1 Å². The number of hydrogen-bond donors (Lipinski definition) is 15. The number of aromatic nitrogens is 1. The molecule has 0 radical (unpaired) electrons. The molecule has 414 valence electrons. The molecule has 2 heterocycles. The van der Waals surface area contributed by atoms with Gasteiger partial charge < -0.3 is 81.3 Å². The molecule has 3 aromatic rings. The fourth-order valence-corrected chi connectivity index (χ4v) is 8.15. The summed E-state index contributed by atoms with van der Waals surface area (Å²) in [4.78, 5) is 147. The van der Waals surface area contributed by atoms with Gasteiger partial charge in [-0.15, -0.1) is 0 Å². The second-order valence-corrected chi connectivity index (χ2v) is 18.1. The van der Waals surface area contributed by atoms with Gasteiger partial charge in [-0.25, -0.2) is 0 Å². The van der Waals surface area contributed by atoms with Gasteiger partial charge in [0.15, 0.2) is 11.9 Å². The number of nitriles is 1. The van der Waals surface area contributed by atoms with Gasteiger partial charge in [0.25, 0.3) is 0 Å². The van der Waals surface area contributed by atoms with Gasteiger partial charge in [0.05, 0.1) is 18.1 Å². The lowest BCUT2D eigenvalue weighted by atomic mass is 10.0. The molecule has 0 spiro atoms. The molecular formula is C49H67N17O11. The maximum Gasteiger partial charge on any atom is 0.305 e. The summed E-state index contributed by atoms with van der Waals surface area (Å²) >= 11 is 0. The predicted molar refractivity (Wildman–Crippen MR) is 279 cm³/mol. The first-order valence-corrected chi connectivity index (χ1v) is 24.7. The Hall–Kier alpha value is -9.29. The van der Waals surface area contributed by atoms with Crippen LogP contribution in [0.5, 0.6) is 0 Å². The number of primary amides is 1. The first-order chi connectivity index (χ1) is 36.6. The summed E-state index contributed by atoms with van der Waals surface area (Å²) in [5, 5.41) is 40.5. The van der Waals surface area contributed by atoms with Crippen LogP contribution in [-0.4, -0.2) is 143 Å². The molecule has 1 aromatic heterocycles. The number of rotatable bonds is 18. The minimum Gasteiger partial charge on any atom is -0.481 e. The van der Waals surface area contributed by atoms with E-state index in [1.54, 1.807) is 30.5 Å². The van der Waals surface area contributed by atoms with Crippen LogP contribution < -0.4 is 71.2 Å². The third-order valence-corrected chi connectivity index (χ3v) is 12.1. The molecule has 0 unspecified atom stereocenters. The van der Waals surface area contributed by atoms with E-state index in [2.05, 4.69) is 57.5 Å². The third kappa shape index (κ3) is 20.5. The van der Waals surface area contributed by atoms with Gasteiger partial charge in [-0.05, 0) is 74.3 Å². The zero-order valence-corrected chi connectivity index (χ0v) is 42.4. The van der Waals surface area contributed by atoms with Crippen LogP contribution >= 0.6 is 0 Å². The highest BCUT2D eigenvalue weighted by atomic mass is 16.4. The second-order valence-electron chi connectivity index (χ2n) is 18.1. The minimum absolute atomic E-state index is 0.0152. The zero-order chi connectivity index (χ0) is 56.6. The van der Waals surface area contributed by atoms with Crippen LogP contribution in [0.4, 0.5) is 0 Å². The molecule has 0 bridgehead atoms. The fourth-order valence-electron chi connectivity index (χ4n) is 8.15. The number of para-hydroxylation sites is 1. The van der Waals surface area contributed by atoms with Crippen LogP contribution in [0.25, 0.3) is 10.9 Å². The number of nitrogens with one attached hydrogen (secondary N) is 9. The average Bonchev–Trinajstić information content (AvgIpc) is 3.79. The number of carboxylic acids is 1. The van der Waals surface area contributed by atoms with Crippen molar-refractivity contribution in [3.63, 3.8) is 0 Å². The van der Waals surface area contributed by atoms with E-state index in [0.717, 1.165) is 6.92 Å². The van der Waals surface area contributed by atoms with Crippen molar-refractivity contribution in [2.45, 2.75) is 120 Å². The lowest BCUT2D eigenvalue weighted by Crippen LogP contribution is -2.60. The highest BCUT2D eigenvalue weighted by Crippen LogP contribution is 2.20. The topological polar surface area (TPSA) is 482 Å². The number of nitrogens with two attached hydrogens (primary N) is 5. The molecule has 7 atom stereocenters. The monoisotopic (exact) mass is 1070 g/mol. The third-order valence-electron chi connectivity index (χ3n) is 12.1. The Morgan fingerprint density at radius 3 is 1.99 bits per heavy atom. The number of carboxylic acid groups (broad SMARTS) is 1. The maximum absolute atomic E-state index is 14.6. The standard InChI is InChI=1S/C49H67N17O11/c1-26(67)60-33(10-5-19-57-48(52)53)42(72)63-35-16-17-39(68)56-18-4-9-32(41(51)71)61-46(76)37(22-29-25-59-31-8-3-2-7-30(29)31)65-43(73)34(11-6-20-58-49(54)55)62-45(75)36(21-27-12-14-28(24-50)15-13-27)64-47(77)38(23-40(69)70)66-44(35)74/h2-3,7-8,12-15,25,32-38,59H,4-6,9-11,16-23H2,1H3,(H2,51,71)(H,56,68)(H,60,67)(H,61,76)(H,62,75)(H,63,72)(H,64,77)(H,65,73)(H,66,74)(H,69,70)(H4,52,53,57)(H4,54,55,58)/t32-,33-,34-,35-,36+,37-,38-/m0/s1. The summed E-state index contributed by atoms with van der Waals surface area (Å²) in [5.74, 6) is -10.3. The van der Waals surface area contributed by atoms with E-state index >= 15 is 0 Å². The van der Waals surface area contributed by atoms with Crippen molar-refractivity contribution >= 4 is 82.0 Å². The Balaban J connectivity index is 1.80. The van der Waals surface area contributed by atoms with Gasteiger partial charge in [0.2, 0.25) is 53.2 Å². The Morgan fingerprint density at radius 2 is 1.35 bits per heavy atom. The molecule has 1 fully saturated rings. The molecule has 9 amide bonds. The number of fused-ring (bicyclic) bond motifs is 1. The smallest absolute Gasteiger partial charge is 0.305 e. The molecule has 0 saturated carbocycles. The molecular weight excluding hydrogens is 1000 g/mol. The molecule has 1 aliphatic rings. The van der Waals surface area contributed by atoms with Crippen LogP contribution in [-0.2, 0) is 60.8 Å². The predicted octanol–water partition coefficient (Wildman–Crippen LogP) is -4.00. The number of aliphatic imine (C=N–C) groups is 2. The van der Waals surface area contributed by atoms with Crippen LogP contribution in [0.1, 0.15) is 81.4 Å². The SMILES string of the molecule is CC(=O)N[C@@H](CCCN=C(N)N)C(=O)N[C@H]1CCC(=O)NCCC[C@@H](C(N)=O)NC(=O)[C@H](Cc2c[nH]c3ccccc23)NC(=O)[C@H](CCCN=C(N)N)NC(=O)[C@@H](Cc2ccc(C#N)cc2)NC(=O)[C@H](CC(=O)O)NC1=O. The van der Waals surface area contributed by atoms with Crippen LogP contribution in [0.2, 0.25) is 0 Å². The van der Waals surface area contributed by atoms with Gasteiger partial charge in [-0.2, -0.15) is 5.26 Å². The summed E-state index contributed by atoms with van der Waals surface area (Å²) in [6, 6.07) is 4.27. The first-order valence-electron chi connectivity index (χ1n) is 24.7. The highest BCUT2D eigenvalue weighted by Gasteiger charge is 2.35. The molecule has 20 N–H and O–H groups in total. The Bertz CT molecular complexity index is 2710. The van der Waals surface area contributed by atoms with Crippen LogP contribution in [0.15, 0.2) is 64.7 Å². The van der Waals surface area contributed by atoms with Crippen molar-refractivity contribution in [2.75, 3.05) is 19.6 Å². The summed E-state index contributed by atoms with van der Waals surface area (Å²) < 4.78 is 0. The summed E-state index contributed by atoms with van der Waals surface area (Å²) in [5.41, 5.74) is 29.6.